The summed E-state index contributed by atoms with van der Waals surface area (Å²) in [6.45, 7) is 10.2. The Morgan fingerprint density at radius 2 is 1.91 bits per heavy atom. The Bertz CT molecular complexity index is 1520. The fourth-order valence-corrected chi connectivity index (χ4v) is 8.08. The highest BCUT2D eigenvalue weighted by atomic mass is 19.3. The van der Waals surface area contributed by atoms with Crippen LogP contribution < -0.4 is 10.2 Å². The van der Waals surface area contributed by atoms with E-state index >= 15 is 0 Å². The lowest BCUT2D eigenvalue weighted by Crippen LogP contribution is -2.51. The van der Waals surface area contributed by atoms with E-state index in [1.54, 1.807) is 37.1 Å². The third-order valence-corrected chi connectivity index (χ3v) is 10.4. The molecule has 7 rings (SSSR count). The second-order valence-corrected chi connectivity index (χ2v) is 13.2. The first-order chi connectivity index (χ1) is 21.3. The summed E-state index contributed by atoms with van der Waals surface area (Å²) in [5.41, 5.74) is 5.39. The summed E-state index contributed by atoms with van der Waals surface area (Å²) < 4.78 is 33.0. The second kappa shape index (κ2) is 11.9. The van der Waals surface area contributed by atoms with Crippen LogP contribution in [0.5, 0.6) is 0 Å². The average molecular weight is 607 g/mol. The van der Waals surface area contributed by atoms with Crippen molar-refractivity contribution >= 4 is 17.4 Å². The number of anilines is 2. The van der Waals surface area contributed by atoms with Gasteiger partial charge in [-0.1, -0.05) is 6.92 Å². The molecule has 11 heteroatoms. The Labute approximate surface area is 258 Å². The minimum atomic E-state index is -2.62. The topological polar surface area (TPSA) is 74.5 Å². The molecule has 0 spiro atoms. The number of aromatic nitrogens is 4. The molecule has 0 radical (unpaired) electrons. The fourth-order valence-electron chi connectivity index (χ4n) is 8.08. The molecule has 0 unspecified atom stereocenters. The van der Waals surface area contributed by atoms with Crippen LogP contribution in [0.3, 0.4) is 0 Å². The van der Waals surface area contributed by atoms with E-state index in [0.29, 0.717) is 48.8 Å². The van der Waals surface area contributed by atoms with E-state index in [1.807, 2.05) is 11.0 Å². The molecule has 1 aromatic carbocycles. The van der Waals surface area contributed by atoms with E-state index in [1.165, 1.54) is 12.1 Å². The number of aryl methyl sites for hydroxylation is 2. The van der Waals surface area contributed by atoms with Gasteiger partial charge in [0.05, 0.1) is 18.8 Å². The molecule has 44 heavy (non-hydrogen) atoms. The number of carbonyl (C=O) groups is 1. The number of nitrogens with zero attached hydrogens (tertiary/aromatic N) is 7. The van der Waals surface area contributed by atoms with Gasteiger partial charge in [0, 0.05) is 86.9 Å². The summed E-state index contributed by atoms with van der Waals surface area (Å²) in [6.07, 6.45) is 6.59. The van der Waals surface area contributed by atoms with Gasteiger partial charge in [0.1, 0.15) is 0 Å². The van der Waals surface area contributed by atoms with Crippen LogP contribution in [0.2, 0.25) is 0 Å². The minimum Gasteiger partial charge on any atom is -0.338 e. The van der Waals surface area contributed by atoms with Gasteiger partial charge in [-0.05, 0) is 74.4 Å². The lowest BCUT2D eigenvalue weighted by molar-refractivity contribution is -0.129. The molecular weight excluding hydrogens is 562 g/mol. The van der Waals surface area contributed by atoms with E-state index in [4.69, 9.17) is 5.10 Å². The van der Waals surface area contributed by atoms with Crippen molar-refractivity contribution in [3.05, 3.63) is 46.9 Å². The fraction of sp³-hybridized carbons (Fsp3) is 0.606. The maximum Gasteiger partial charge on any atom is 0.264 e. The van der Waals surface area contributed by atoms with E-state index in [0.717, 1.165) is 80.9 Å². The molecule has 3 aromatic rings. The van der Waals surface area contributed by atoms with Gasteiger partial charge in [0.15, 0.2) is 5.82 Å². The van der Waals surface area contributed by atoms with Gasteiger partial charge in [-0.15, -0.1) is 0 Å². The molecule has 2 fully saturated rings. The maximum atomic E-state index is 14.6. The quantitative estimate of drug-likeness (QED) is 0.448. The summed E-state index contributed by atoms with van der Waals surface area (Å²) in [4.78, 5) is 19.2. The van der Waals surface area contributed by atoms with Crippen molar-refractivity contribution in [2.45, 2.75) is 77.4 Å². The van der Waals surface area contributed by atoms with Crippen LogP contribution in [-0.4, -0.2) is 80.6 Å². The molecule has 1 N–H and O–H groups in total. The second-order valence-electron chi connectivity index (χ2n) is 13.2. The molecule has 4 aliphatic rings. The number of alkyl halides is 2. The third-order valence-electron chi connectivity index (χ3n) is 10.4. The standard InChI is InChI=1S/C33H44F2N8O/c1-21-17-36-10-6-29(21)40-12-7-25(8-13-40)43-30-9-14-41(22(2)44)20-28(30)33(38-43)42-11-4-5-23-15-26(24-18-37-39(3)19-24)27(32(34)35)16-31(23)42/h15-16,18-19,21,25,29,32,36H,4-14,17,20H2,1-3H3/t21-,29+/m0/s1. The first-order valence-electron chi connectivity index (χ1n) is 16.3. The summed E-state index contributed by atoms with van der Waals surface area (Å²) in [6, 6.07) is 4.54. The molecule has 236 valence electrons. The normalized spacial score (nSPS) is 23.2. The Morgan fingerprint density at radius 3 is 2.61 bits per heavy atom. The smallest absolute Gasteiger partial charge is 0.264 e. The van der Waals surface area contributed by atoms with Crippen LogP contribution in [0.4, 0.5) is 20.3 Å². The molecule has 1 amide bonds. The Hall–Kier alpha value is -3.31. The first-order valence-corrected chi connectivity index (χ1v) is 16.3. The molecule has 0 aliphatic carbocycles. The highest BCUT2D eigenvalue weighted by molar-refractivity contribution is 5.78. The van der Waals surface area contributed by atoms with Crippen LogP contribution in [0.25, 0.3) is 11.1 Å². The van der Waals surface area contributed by atoms with Crippen molar-refractivity contribution < 1.29 is 13.6 Å². The van der Waals surface area contributed by atoms with Crippen LogP contribution in [0.15, 0.2) is 24.5 Å². The van der Waals surface area contributed by atoms with Crippen molar-refractivity contribution in [3.63, 3.8) is 0 Å². The molecule has 2 saturated heterocycles. The zero-order chi connectivity index (χ0) is 30.5. The maximum absolute atomic E-state index is 14.6. The summed E-state index contributed by atoms with van der Waals surface area (Å²) in [5.74, 6) is 1.53. The molecule has 2 aromatic heterocycles. The number of piperidine rings is 2. The highest BCUT2D eigenvalue weighted by Crippen LogP contribution is 2.43. The largest absolute Gasteiger partial charge is 0.338 e. The summed E-state index contributed by atoms with van der Waals surface area (Å²) in [7, 11) is 1.80. The SMILES string of the molecule is CC(=O)N1CCc2c(c(N3CCCc4cc(-c5cnn(C)c5)c(C(F)F)cc43)nn2C2CCN([C@@H]3CCNC[C@@H]3C)CC2)C1. The minimum absolute atomic E-state index is 0.0156. The number of carbonyl (C=O) groups excluding carboxylic acids is 1. The van der Waals surface area contributed by atoms with E-state index in [9.17, 15) is 13.6 Å². The van der Waals surface area contributed by atoms with E-state index < -0.39 is 6.43 Å². The first kappa shape index (κ1) is 29.4. The van der Waals surface area contributed by atoms with Crippen molar-refractivity contribution in [2.75, 3.05) is 44.2 Å². The summed E-state index contributed by atoms with van der Waals surface area (Å²) in [5, 5.41) is 13.1. The number of likely N-dealkylation sites (tertiary alicyclic amines) is 1. The van der Waals surface area contributed by atoms with Crippen LogP contribution >= 0.6 is 0 Å². The number of rotatable bonds is 5. The Morgan fingerprint density at radius 1 is 1.09 bits per heavy atom. The highest BCUT2D eigenvalue weighted by Gasteiger charge is 2.36. The van der Waals surface area contributed by atoms with Crippen molar-refractivity contribution in [1.82, 2.24) is 34.7 Å². The Balaban J connectivity index is 1.24. The summed E-state index contributed by atoms with van der Waals surface area (Å²) >= 11 is 0. The molecule has 0 saturated carbocycles. The number of hydrogen-bond acceptors (Lipinski definition) is 6. The van der Waals surface area contributed by atoms with Gasteiger partial charge in [0.2, 0.25) is 5.91 Å². The number of fused-ring (bicyclic) bond motifs is 2. The predicted molar refractivity (Wildman–Crippen MR) is 166 cm³/mol. The van der Waals surface area contributed by atoms with Crippen LogP contribution in [-0.2, 0) is 31.2 Å². The number of nitrogens with one attached hydrogen (secondary N) is 1. The zero-order valence-corrected chi connectivity index (χ0v) is 26.1. The average Bonchev–Trinajstić information content (AvgIpc) is 3.64. The molecular formula is C33H44F2N8O. The van der Waals surface area contributed by atoms with E-state index in [-0.39, 0.29) is 11.5 Å². The molecule has 2 atom stereocenters. The lowest BCUT2D eigenvalue weighted by Gasteiger charge is -2.42. The van der Waals surface area contributed by atoms with E-state index in [2.05, 4.69) is 31.8 Å². The number of halogens is 2. The number of hydrogen-bond donors (Lipinski definition) is 1. The molecule has 9 nitrogen and oxygen atoms in total. The van der Waals surface area contributed by atoms with Crippen molar-refractivity contribution in [1.29, 1.82) is 0 Å². The van der Waals surface area contributed by atoms with Gasteiger partial charge in [0.25, 0.3) is 6.43 Å². The van der Waals surface area contributed by atoms with Gasteiger partial charge >= 0.3 is 0 Å². The van der Waals surface area contributed by atoms with Crippen molar-refractivity contribution in [2.24, 2.45) is 13.0 Å². The van der Waals surface area contributed by atoms with Gasteiger partial charge in [-0.3, -0.25) is 19.1 Å². The van der Waals surface area contributed by atoms with Crippen LogP contribution in [0.1, 0.15) is 74.4 Å². The number of benzene rings is 1. The third kappa shape index (κ3) is 5.31. The lowest BCUT2D eigenvalue weighted by atomic mass is 9.91. The van der Waals surface area contributed by atoms with Gasteiger partial charge < -0.3 is 15.1 Å². The van der Waals surface area contributed by atoms with Crippen LogP contribution in [0, 0.1) is 5.92 Å². The number of amides is 1. The zero-order valence-electron chi connectivity index (χ0n) is 26.1. The predicted octanol–water partition coefficient (Wildman–Crippen LogP) is 4.85. The molecule has 0 bridgehead atoms. The Kier molecular flexibility index (Phi) is 7.95. The molecule has 6 heterocycles. The monoisotopic (exact) mass is 606 g/mol. The van der Waals surface area contributed by atoms with Crippen molar-refractivity contribution in [3.8, 4) is 11.1 Å². The molecule has 4 aliphatic heterocycles. The van der Waals surface area contributed by atoms with Gasteiger partial charge in [-0.2, -0.15) is 10.2 Å². The van der Waals surface area contributed by atoms with Gasteiger partial charge in [-0.25, -0.2) is 8.78 Å².